The summed E-state index contributed by atoms with van der Waals surface area (Å²) < 4.78 is 16.5. The monoisotopic (exact) mass is 606 g/mol. The van der Waals surface area contributed by atoms with Crippen LogP contribution in [0.3, 0.4) is 0 Å². The highest BCUT2D eigenvalue weighted by molar-refractivity contribution is 5.80. The minimum atomic E-state index is -0.801. The van der Waals surface area contributed by atoms with Gasteiger partial charge in [0.1, 0.15) is 25.0 Å². The van der Waals surface area contributed by atoms with Crippen molar-refractivity contribution >= 4 is 12.2 Å². The molecule has 1 atom stereocenters. The number of rotatable bonds is 8. The van der Waals surface area contributed by atoms with Crippen molar-refractivity contribution in [2.75, 3.05) is 13.2 Å². The minimum Gasteiger partial charge on any atom is -0.449 e. The molecule has 0 aliphatic heterocycles. The summed E-state index contributed by atoms with van der Waals surface area (Å²) in [4.78, 5) is 25.3. The van der Waals surface area contributed by atoms with E-state index in [2.05, 4.69) is 59.9 Å². The van der Waals surface area contributed by atoms with Crippen LogP contribution in [0.1, 0.15) is 39.7 Å². The fourth-order valence-corrected chi connectivity index (χ4v) is 6.56. The number of carbonyl (C=O) groups is 2. The van der Waals surface area contributed by atoms with Crippen molar-refractivity contribution < 1.29 is 23.8 Å². The average molecular weight is 607 g/mol. The smallest absolute Gasteiger partial charge is 0.449 e. The predicted octanol–water partition coefficient (Wildman–Crippen LogP) is 7.99. The van der Waals surface area contributed by atoms with Crippen LogP contribution in [0, 0.1) is 11.3 Å². The number of hydrogen-bond donors (Lipinski definition) is 1. The lowest BCUT2D eigenvalue weighted by Crippen LogP contribution is -2.36. The molecule has 0 saturated heterocycles. The van der Waals surface area contributed by atoms with Gasteiger partial charge in [-0.05, 0) is 62.2 Å². The fourth-order valence-electron chi connectivity index (χ4n) is 6.56. The van der Waals surface area contributed by atoms with Crippen molar-refractivity contribution in [3.63, 3.8) is 0 Å². The first-order valence-corrected chi connectivity index (χ1v) is 15.2. The summed E-state index contributed by atoms with van der Waals surface area (Å²) in [5.74, 6) is 0.191. The summed E-state index contributed by atoms with van der Waals surface area (Å²) in [6, 6.07) is 40.6. The van der Waals surface area contributed by atoms with Gasteiger partial charge < -0.3 is 19.5 Å². The summed E-state index contributed by atoms with van der Waals surface area (Å²) in [7, 11) is 0. The van der Waals surface area contributed by atoms with E-state index in [0.717, 1.165) is 50.1 Å². The highest BCUT2D eigenvalue weighted by atomic mass is 16.7. The van der Waals surface area contributed by atoms with Crippen LogP contribution in [-0.4, -0.2) is 31.5 Å². The number of nitrogens with zero attached hydrogens (tertiary/aromatic N) is 1. The van der Waals surface area contributed by atoms with Crippen LogP contribution in [0.25, 0.3) is 22.3 Å². The van der Waals surface area contributed by atoms with Gasteiger partial charge in [-0.1, -0.05) is 109 Å². The van der Waals surface area contributed by atoms with E-state index in [0.29, 0.717) is 5.75 Å². The number of hydrogen-bond acceptors (Lipinski definition) is 6. The Labute approximate surface area is 267 Å². The molecular formula is C39H30N2O5. The van der Waals surface area contributed by atoms with E-state index in [-0.39, 0.29) is 31.5 Å². The molecule has 7 heteroatoms. The fraction of sp³-hybridized carbons (Fsp3) is 0.154. The maximum atomic E-state index is 12.7. The third kappa shape index (κ3) is 5.69. The van der Waals surface area contributed by atoms with Gasteiger partial charge >= 0.3 is 12.2 Å². The van der Waals surface area contributed by atoms with E-state index in [4.69, 9.17) is 14.2 Å². The summed E-state index contributed by atoms with van der Waals surface area (Å²) in [5.41, 5.74) is 9.87. The molecule has 0 fully saturated rings. The first kappa shape index (κ1) is 28.9. The van der Waals surface area contributed by atoms with Crippen LogP contribution in [0.5, 0.6) is 5.75 Å². The van der Waals surface area contributed by atoms with Crippen molar-refractivity contribution in [3.8, 4) is 34.1 Å². The first-order chi connectivity index (χ1) is 22.6. The van der Waals surface area contributed by atoms with Gasteiger partial charge in [0.15, 0.2) is 0 Å². The van der Waals surface area contributed by atoms with Crippen LogP contribution in [-0.2, 0) is 15.9 Å². The van der Waals surface area contributed by atoms with Gasteiger partial charge in [0.05, 0.1) is 6.07 Å². The Kier molecular flexibility index (Phi) is 7.92. The molecule has 5 aromatic rings. The van der Waals surface area contributed by atoms with E-state index >= 15 is 0 Å². The molecule has 1 unspecified atom stereocenters. The Morgan fingerprint density at radius 1 is 0.630 bits per heavy atom. The molecule has 0 aromatic heterocycles. The van der Waals surface area contributed by atoms with Gasteiger partial charge in [-0.25, -0.2) is 9.59 Å². The standard InChI is InChI=1S/C39H30N2O5/c40-22-26(41-38(42)44-23-36-32-13-5-1-9-28(32)29-10-2-6-14-33(29)36)21-25-17-19-27(20-18-25)46-39(43)45-24-37-34-15-7-3-11-30(34)31-12-4-8-16-35(31)37/h1-20,26,36-37H,21,23-24H2,(H,41,42). The molecule has 1 N–H and O–H groups in total. The zero-order valence-corrected chi connectivity index (χ0v) is 24.9. The third-order valence-corrected chi connectivity index (χ3v) is 8.69. The Morgan fingerprint density at radius 3 is 1.52 bits per heavy atom. The Morgan fingerprint density at radius 2 is 1.07 bits per heavy atom. The first-order valence-electron chi connectivity index (χ1n) is 15.2. The molecule has 2 aliphatic rings. The second kappa shape index (κ2) is 12.6. The normalized spacial score (nSPS) is 13.4. The number of alkyl carbamates (subject to hydrolysis) is 1. The van der Waals surface area contributed by atoms with Crippen molar-refractivity contribution in [2.45, 2.75) is 24.3 Å². The lowest BCUT2D eigenvalue weighted by molar-refractivity contribution is 0.0964. The second-order valence-electron chi connectivity index (χ2n) is 11.4. The summed E-state index contributed by atoms with van der Waals surface area (Å²) >= 11 is 0. The molecule has 0 spiro atoms. The maximum Gasteiger partial charge on any atom is 0.513 e. The van der Waals surface area contributed by atoms with Crippen LogP contribution >= 0.6 is 0 Å². The van der Waals surface area contributed by atoms with E-state index in [1.807, 2.05) is 48.5 Å². The number of ether oxygens (including phenoxy) is 3. The molecule has 0 saturated carbocycles. The van der Waals surface area contributed by atoms with Crippen LogP contribution in [0.15, 0.2) is 121 Å². The number of nitrogens with one attached hydrogen (secondary N) is 1. The summed E-state index contributed by atoms with van der Waals surface area (Å²) in [6.07, 6.45) is -1.18. The molecule has 0 heterocycles. The lowest BCUT2D eigenvalue weighted by Gasteiger charge is -2.16. The number of carbonyl (C=O) groups excluding carboxylic acids is 2. The molecule has 0 radical (unpaired) electrons. The van der Waals surface area contributed by atoms with E-state index in [1.54, 1.807) is 24.3 Å². The molecule has 226 valence electrons. The van der Waals surface area contributed by atoms with Gasteiger partial charge in [-0.2, -0.15) is 5.26 Å². The van der Waals surface area contributed by atoms with E-state index in [9.17, 15) is 14.9 Å². The van der Waals surface area contributed by atoms with Crippen molar-refractivity contribution in [3.05, 3.63) is 149 Å². The van der Waals surface area contributed by atoms with Gasteiger partial charge in [0.25, 0.3) is 0 Å². The van der Waals surface area contributed by atoms with Crippen molar-refractivity contribution in [1.82, 2.24) is 5.32 Å². The molecule has 0 bridgehead atoms. The minimum absolute atomic E-state index is 0.0609. The molecular weight excluding hydrogens is 576 g/mol. The topological polar surface area (TPSA) is 97.6 Å². The molecule has 7 rings (SSSR count). The Hall–Kier alpha value is -5.87. The predicted molar refractivity (Wildman–Crippen MR) is 173 cm³/mol. The third-order valence-electron chi connectivity index (χ3n) is 8.69. The quantitative estimate of drug-likeness (QED) is 0.142. The molecule has 1 amide bonds. The zero-order chi connectivity index (χ0) is 31.5. The summed E-state index contributed by atoms with van der Waals surface area (Å²) in [5, 5.41) is 12.4. The second-order valence-corrected chi connectivity index (χ2v) is 11.4. The van der Waals surface area contributed by atoms with Crippen molar-refractivity contribution in [2.24, 2.45) is 0 Å². The van der Waals surface area contributed by atoms with Gasteiger partial charge in [-0.15, -0.1) is 0 Å². The Bertz CT molecular complexity index is 1870. The number of amides is 1. The van der Waals surface area contributed by atoms with E-state index < -0.39 is 18.3 Å². The van der Waals surface area contributed by atoms with Gasteiger partial charge in [0.2, 0.25) is 0 Å². The largest absolute Gasteiger partial charge is 0.513 e. The SMILES string of the molecule is N#CC(Cc1ccc(OC(=O)OCC2c3ccccc3-c3ccccc32)cc1)NC(=O)OCC1c2ccccc2-c2ccccc21. The van der Waals surface area contributed by atoms with Gasteiger partial charge in [-0.3, -0.25) is 0 Å². The molecule has 46 heavy (non-hydrogen) atoms. The van der Waals surface area contributed by atoms with Crippen LogP contribution in [0.4, 0.5) is 9.59 Å². The van der Waals surface area contributed by atoms with Gasteiger partial charge in [0, 0.05) is 18.3 Å². The number of benzene rings is 5. The highest BCUT2D eigenvalue weighted by Crippen LogP contribution is 2.45. The summed E-state index contributed by atoms with van der Waals surface area (Å²) in [6.45, 7) is 0.330. The van der Waals surface area contributed by atoms with E-state index in [1.165, 1.54) is 0 Å². The molecule has 5 aromatic carbocycles. The average Bonchev–Trinajstić information content (AvgIpc) is 3.59. The molecule has 2 aliphatic carbocycles. The lowest BCUT2D eigenvalue weighted by atomic mass is 9.98. The maximum absolute atomic E-state index is 12.7. The molecule has 7 nitrogen and oxygen atoms in total. The van der Waals surface area contributed by atoms with Crippen LogP contribution in [0.2, 0.25) is 0 Å². The zero-order valence-electron chi connectivity index (χ0n) is 24.9. The van der Waals surface area contributed by atoms with Crippen molar-refractivity contribution in [1.29, 1.82) is 5.26 Å². The Balaban J connectivity index is 0.906. The number of nitriles is 1. The van der Waals surface area contributed by atoms with Crippen LogP contribution < -0.4 is 10.1 Å². The number of fused-ring (bicyclic) bond motifs is 6. The highest BCUT2D eigenvalue weighted by Gasteiger charge is 2.30.